The van der Waals surface area contributed by atoms with Crippen LogP contribution in [0.1, 0.15) is 13.3 Å². The van der Waals surface area contributed by atoms with Gasteiger partial charge in [0.15, 0.2) is 5.92 Å². The van der Waals surface area contributed by atoms with Gasteiger partial charge in [-0.05, 0) is 11.1 Å². The highest BCUT2D eigenvalue weighted by Crippen LogP contribution is 2.42. The molecule has 0 spiro atoms. The number of hydrogen-bond acceptors (Lipinski definition) is 4. The lowest BCUT2D eigenvalue weighted by Gasteiger charge is -2.41. The van der Waals surface area contributed by atoms with E-state index in [0.29, 0.717) is 5.54 Å². The van der Waals surface area contributed by atoms with Crippen molar-refractivity contribution in [1.82, 2.24) is 0 Å². The first-order valence-corrected chi connectivity index (χ1v) is 17.0. The molecule has 2 aromatic carbocycles. The van der Waals surface area contributed by atoms with Crippen LogP contribution in [0, 0.1) is 5.92 Å². The standard InChI is InChI=1S/C25H36O4Si2/c1-19(30(4,5)20-14-10-8-11-15-20)18-22(23(24(26)28-2)25(27)29-3)31(6,7)21-16-12-9-13-17-21/h8-17,19,22-23H,18H2,1-7H3/t19-,22-/m0/s1. The first kappa shape index (κ1) is 25.1. The number of carbonyl (C=O) groups is 2. The van der Waals surface area contributed by atoms with Crippen LogP contribution in [0.2, 0.25) is 37.3 Å². The zero-order valence-corrected chi connectivity index (χ0v) is 21.8. The van der Waals surface area contributed by atoms with Crippen LogP contribution in [0.15, 0.2) is 60.7 Å². The number of rotatable bonds is 9. The Balaban J connectivity index is 2.53. The highest BCUT2D eigenvalue weighted by Gasteiger charge is 2.48. The molecule has 2 rings (SSSR count). The van der Waals surface area contributed by atoms with Crippen LogP contribution >= 0.6 is 0 Å². The smallest absolute Gasteiger partial charge is 0.320 e. The topological polar surface area (TPSA) is 52.6 Å². The van der Waals surface area contributed by atoms with Crippen molar-refractivity contribution in [2.45, 2.75) is 50.6 Å². The summed E-state index contributed by atoms with van der Waals surface area (Å²) in [6.07, 6.45) is 0.775. The predicted molar refractivity (Wildman–Crippen MR) is 132 cm³/mol. The molecule has 0 saturated carbocycles. The Morgan fingerprint density at radius 3 is 1.52 bits per heavy atom. The van der Waals surface area contributed by atoms with Crippen LogP contribution in [0.4, 0.5) is 0 Å². The SMILES string of the molecule is COC(=O)C(C(=O)OC)[C@H](C[C@H](C)[Si](C)(C)c1ccccc1)[Si](C)(C)c1ccccc1. The first-order valence-electron chi connectivity index (χ1n) is 10.8. The van der Waals surface area contributed by atoms with Gasteiger partial charge in [0, 0.05) is 0 Å². The second-order valence-electron chi connectivity index (χ2n) is 9.44. The molecule has 0 unspecified atom stereocenters. The summed E-state index contributed by atoms with van der Waals surface area (Å²) < 4.78 is 10.2. The zero-order chi connectivity index (χ0) is 23.2. The summed E-state index contributed by atoms with van der Waals surface area (Å²) in [6.45, 7) is 11.5. The van der Waals surface area contributed by atoms with E-state index in [4.69, 9.17) is 9.47 Å². The van der Waals surface area contributed by atoms with Gasteiger partial charge in [-0.2, -0.15) is 0 Å². The Kier molecular flexibility index (Phi) is 8.43. The molecule has 0 N–H and O–H groups in total. The predicted octanol–water partition coefficient (Wildman–Crippen LogP) is 4.33. The normalized spacial score (nSPS) is 14.1. The minimum atomic E-state index is -2.25. The second kappa shape index (κ2) is 10.4. The molecule has 0 fully saturated rings. The molecule has 2 aromatic rings. The fourth-order valence-electron chi connectivity index (χ4n) is 4.44. The highest BCUT2D eigenvalue weighted by molar-refractivity contribution is 6.92. The second-order valence-corrected chi connectivity index (χ2v) is 19.2. The van der Waals surface area contributed by atoms with Crippen LogP contribution in [0.3, 0.4) is 0 Å². The summed E-state index contributed by atoms with van der Waals surface area (Å²) >= 11 is 0. The summed E-state index contributed by atoms with van der Waals surface area (Å²) in [5.41, 5.74) is 0.215. The fourth-order valence-corrected chi connectivity index (χ4v) is 10.7. The molecule has 31 heavy (non-hydrogen) atoms. The molecule has 0 aliphatic heterocycles. The molecule has 0 radical (unpaired) electrons. The Hall–Kier alpha value is -2.19. The van der Waals surface area contributed by atoms with E-state index in [9.17, 15) is 9.59 Å². The van der Waals surface area contributed by atoms with Gasteiger partial charge in [-0.3, -0.25) is 9.59 Å². The van der Waals surface area contributed by atoms with Crippen LogP contribution in [0.5, 0.6) is 0 Å². The van der Waals surface area contributed by atoms with Crippen molar-refractivity contribution >= 4 is 38.5 Å². The van der Waals surface area contributed by atoms with Crippen molar-refractivity contribution in [3.63, 3.8) is 0 Å². The van der Waals surface area contributed by atoms with Gasteiger partial charge < -0.3 is 9.47 Å². The number of ether oxygens (including phenoxy) is 2. The quantitative estimate of drug-likeness (QED) is 0.320. The van der Waals surface area contributed by atoms with E-state index in [1.165, 1.54) is 24.6 Å². The molecule has 6 heteroatoms. The lowest BCUT2D eigenvalue weighted by molar-refractivity contribution is -0.159. The third kappa shape index (κ3) is 5.54. The van der Waals surface area contributed by atoms with Gasteiger partial charge in [0.1, 0.15) is 0 Å². The van der Waals surface area contributed by atoms with E-state index in [1.54, 1.807) is 0 Å². The molecule has 2 atom stereocenters. The summed E-state index contributed by atoms with van der Waals surface area (Å²) in [7, 11) is -1.40. The van der Waals surface area contributed by atoms with Crippen LogP contribution in [-0.2, 0) is 19.1 Å². The summed E-state index contributed by atoms with van der Waals surface area (Å²) in [6, 6.07) is 20.9. The number of esters is 2. The molecule has 0 aromatic heterocycles. The van der Waals surface area contributed by atoms with E-state index < -0.39 is 34.0 Å². The molecule has 4 nitrogen and oxygen atoms in total. The van der Waals surface area contributed by atoms with Gasteiger partial charge in [-0.25, -0.2) is 0 Å². The zero-order valence-electron chi connectivity index (χ0n) is 19.8. The van der Waals surface area contributed by atoms with E-state index in [2.05, 4.69) is 69.5 Å². The van der Waals surface area contributed by atoms with Gasteiger partial charge in [-0.15, -0.1) is 0 Å². The Morgan fingerprint density at radius 1 is 0.742 bits per heavy atom. The van der Waals surface area contributed by atoms with E-state index >= 15 is 0 Å². The van der Waals surface area contributed by atoms with Crippen molar-refractivity contribution < 1.29 is 19.1 Å². The van der Waals surface area contributed by atoms with Gasteiger partial charge in [0.25, 0.3) is 0 Å². The average Bonchev–Trinajstić information content (AvgIpc) is 2.79. The van der Waals surface area contributed by atoms with E-state index in [-0.39, 0.29) is 5.54 Å². The number of hydrogen-bond donors (Lipinski definition) is 0. The monoisotopic (exact) mass is 456 g/mol. The Labute approximate surface area is 189 Å². The van der Waals surface area contributed by atoms with Gasteiger partial charge >= 0.3 is 11.9 Å². The highest BCUT2D eigenvalue weighted by atomic mass is 28.3. The van der Waals surface area contributed by atoms with Gasteiger partial charge in [-0.1, -0.05) is 111 Å². The van der Waals surface area contributed by atoms with Gasteiger partial charge in [0.05, 0.1) is 30.4 Å². The Bertz CT molecular complexity index is 850. The number of methoxy groups -OCH3 is 2. The van der Waals surface area contributed by atoms with Crippen LogP contribution in [-0.4, -0.2) is 42.3 Å². The fraction of sp³-hybridized carbons (Fsp3) is 0.440. The van der Waals surface area contributed by atoms with Crippen LogP contribution in [0.25, 0.3) is 0 Å². The summed E-state index contributed by atoms with van der Waals surface area (Å²) in [4.78, 5) is 25.7. The van der Waals surface area contributed by atoms with Crippen molar-refractivity contribution in [3.05, 3.63) is 60.7 Å². The van der Waals surface area contributed by atoms with Crippen molar-refractivity contribution in [1.29, 1.82) is 0 Å². The molecule has 0 aliphatic carbocycles. The molecule has 0 amide bonds. The third-order valence-corrected chi connectivity index (χ3v) is 15.9. The molecule has 0 aliphatic rings. The van der Waals surface area contributed by atoms with Crippen molar-refractivity contribution in [2.75, 3.05) is 14.2 Å². The van der Waals surface area contributed by atoms with E-state index in [1.807, 2.05) is 24.3 Å². The molecule has 0 bridgehead atoms. The lowest BCUT2D eigenvalue weighted by atomic mass is 10.0. The minimum absolute atomic E-state index is 0.139. The maximum atomic E-state index is 12.8. The maximum Gasteiger partial charge on any atom is 0.320 e. The molecular weight excluding hydrogens is 420 g/mol. The van der Waals surface area contributed by atoms with Crippen molar-refractivity contribution in [3.8, 4) is 0 Å². The summed E-state index contributed by atoms with van der Waals surface area (Å²) in [5.74, 6) is -1.92. The first-order chi connectivity index (χ1) is 14.6. The van der Waals surface area contributed by atoms with Crippen LogP contribution < -0.4 is 10.4 Å². The number of carbonyl (C=O) groups excluding carboxylic acids is 2. The molecule has 168 valence electrons. The van der Waals surface area contributed by atoms with Crippen molar-refractivity contribution in [2.24, 2.45) is 5.92 Å². The number of benzene rings is 2. The average molecular weight is 457 g/mol. The Morgan fingerprint density at radius 2 is 1.13 bits per heavy atom. The summed E-state index contributed by atoms with van der Waals surface area (Å²) in [5, 5.41) is 2.61. The minimum Gasteiger partial charge on any atom is -0.468 e. The molecule has 0 saturated heterocycles. The molecule has 0 heterocycles. The third-order valence-electron chi connectivity index (χ3n) is 7.11. The maximum absolute atomic E-state index is 12.8. The molecular formula is C25H36O4Si2. The largest absolute Gasteiger partial charge is 0.468 e. The lowest BCUT2D eigenvalue weighted by Crippen LogP contribution is -2.54. The van der Waals surface area contributed by atoms with Gasteiger partial charge in [0.2, 0.25) is 0 Å². The van der Waals surface area contributed by atoms with E-state index in [0.717, 1.165) is 6.42 Å².